The second-order valence-corrected chi connectivity index (χ2v) is 6.39. The number of aryl methyl sites for hydroxylation is 1. The van der Waals surface area contributed by atoms with E-state index in [2.05, 4.69) is 15.7 Å². The molecule has 2 rings (SSSR count). The lowest BCUT2D eigenvalue weighted by molar-refractivity contribution is -0.118. The number of carbonyl (C=O) groups is 1. The van der Waals surface area contributed by atoms with Crippen molar-refractivity contribution in [2.45, 2.75) is 26.7 Å². The predicted octanol–water partition coefficient (Wildman–Crippen LogP) is 3.98. The zero-order chi connectivity index (χ0) is 15.9. The number of amides is 1. The van der Waals surface area contributed by atoms with Crippen molar-refractivity contribution in [2.75, 3.05) is 19.0 Å². The van der Waals surface area contributed by atoms with Gasteiger partial charge in [-0.2, -0.15) is 0 Å². The number of benzene rings is 1. The van der Waals surface area contributed by atoms with Crippen molar-refractivity contribution in [3.8, 4) is 11.3 Å². The van der Waals surface area contributed by atoms with Gasteiger partial charge in [0.05, 0.1) is 10.7 Å². The Bertz CT molecular complexity index is 605. The minimum absolute atomic E-state index is 0.0205. The first-order chi connectivity index (χ1) is 10.6. The van der Waals surface area contributed by atoms with Gasteiger partial charge in [0.15, 0.2) is 0 Å². The minimum Gasteiger partial charge on any atom is -0.385 e. The Kier molecular flexibility index (Phi) is 6.10. The summed E-state index contributed by atoms with van der Waals surface area (Å²) in [7, 11) is 1.72. The Morgan fingerprint density at radius 2 is 2.05 bits per heavy atom. The smallest absolute Gasteiger partial charge is 0.226 e. The first-order valence-electron chi connectivity index (χ1n) is 7.45. The molecule has 0 saturated carbocycles. The van der Waals surface area contributed by atoms with Gasteiger partial charge >= 0.3 is 0 Å². The lowest BCUT2D eigenvalue weighted by Gasteiger charge is -2.07. The SMILES string of the molecule is COCCCc1nc(-c2ccc(NC(=O)C(C)C)cc2)cs1. The number of methoxy groups -OCH3 is 1. The Hall–Kier alpha value is -1.72. The van der Waals surface area contributed by atoms with Crippen LogP contribution >= 0.6 is 11.3 Å². The fourth-order valence-electron chi connectivity index (χ4n) is 1.94. The quantitative estimate of drug-likeness (QED) is 0.786. The number of nitrogens with zero attached hydrogens (tertiary/aromatic N) is 1. The van der Waals surface area contributed by atoms with E-state index in [-0.39, 0.29) is 11.8 Å². The van der Waals surface area contributed by atoms with Crippen molar-refractivity contribution in [2.24, 2.45) is 5.92 Å². The number of anilines is 1. The summed E-state index contributed by atoms with van der Waals surface area (Å²) in [6, 6.07) is 7.81. The number of aromatic nitrogens is 1. The summed E-state index contributed by atoms with van der Waals surface area (Å²) in [5.74, 6) is 0.00899. The Labute approximate surface area is 135 Å². The topological polar surface area (TPSA) is 51.2 Å². The fraction of sp³-hybridized carbons (Fsp3) is 0.412. The minimum atomic E-state index is -0.0205. The largest absolute Gasteiger partial charge is 0.385 e. The molecule has 0 spiro atoms. The number of nitrogens with one attached hydrogen (secondary N) is 1. The summed E-state index contributed by atoms with van der Waals surface area (Å²) in [6.45, 7) is 4.52. The third-order valence-electron chi connectivity index (χ3n) is 3.26. The number of ether oxygens (including phenoxy) is 1. The van der Waals surface area contributed by atoms with Crippen LogP contribution in [0.15, 0.2) is 29.6 Å². The summed E-state index contributed by atoms with van der Waals surface area (Å²) >= 11 is 1.68. The molecule has 118 valence electrons. The van der Waals surface area contributed by atoms with E-state index in [1.807, 2.05) is 38.1 Å². The van der Waals surface area contributed by atoms with Crippen LogP contribution in [-0.4, -0.2) is 24.6 Å². The highest BCUT2D eigenvalue weighted by atomic mass is 32.1. The zero-order valence-electron chi connectivity index (χ0n) is 13.3. The van der Waals surface area contributed by atoms with Gasteiger partial charge in [0, 0.05) is 42.7 Å². The molecule has 0 bridgehead atoms. The number of rotatable bonds is 7. The van der Waals surface area contributed by atoms with Crippen LogP contribution < -0.4 is 5.32 Å². The van der Waals surface area contributed by atoms with Gasteiger partial charge in [0.1, 0.15) is 0 Å². The van der Waals surface area contributed by atoms with Crippen LogP contribution in [0, 0.1) is 5.92 Å². The molecule has 0 aliphatic heterocycles. The van der Waals surface area contributed by atoms with Crippen molar-refractivity contribution in [1.82, 2.24) is 4.98 Å². The number of carbonyl (C=O) groups excluding carboxylic acids is 1. The summed E-state index contributed by atoms with van der Waals surface area (Å²) < 4.78 is 5.06. The van der Waals surface area contributed by atoms with Crippen LogP contribution in [0.25, 0.3) is 11.3 Å². The van der Waals surface area contributed by atoms with Crippen LogP contribution in [0.5, 0.6) is 0 Å². The molecule has 0 radical (unpaired) electrons. The summed E-state index contributed by atoms with van der Waals surface area (Å²) in [4.78, 5) is 16.3. The molecule has 2 aromatic rings. The van der Waals surface area contributed by atoms with E-state index in [9.17, 15) is 4.79 Å². The zero-order valence-corrected chi connectivity index (χ0v) is 14.1. The normalized spacial score (nSPS) is 10.9. The molecule has 1 N–H and O–H groups in total. The van der Waals surface area contributed by atoms with Gasteiger partial charge in [0.2, 0.25) is 5.91 Å². The highest BCUT2D eigenvalue weighted by molar-refractivity contribution is 7.09. The second-order valence-electron chi connectivity index (χ2n) is 5.44. The summed E-state index contributed by atoms with van der Waals surface area (Å²) in [5, 5.41) is 6.09. The molecule has 0 saturated heterocycles. The van der Waals surface area contributed by atoms with Gasteiger partial charge in [-0.15, -0.1) is 11.3 Å². The maximum atomic E-state index is 11.7. The molecule has 1 amide bonds. The standard InChI is InChI=1S/C17H22N2O2S/c1-12(2)17(20)18-14-8-6-13(7-9-14)15-11-22-16(19-15)5-4-10-21-3/h6-9,11-12H,4-5,10H2,1-3H3,(H,18,20). The Morgan fingerprint density at radius 1 is 1.32 bits per heavy atom. The molecule has 0 atom stereocenters. The highest BCUT2D eigenvalue weighted by Gasteiger charge is 2.08. The number of hydrogen-bond acceptors (Lipinski definition) is 4. The maximum Gasteiger partial charge on any atom is 0.226 e. The molecular weight excluding hydrogens is 296 g/mol. The number of thiazole rings is 1. The molecule has 1 aromatic carbocycles. The van der Waals surface area contributed by atoms with Crippen LogP contribution in [0.3, 0.4) is 0 Å². The molecule has 0 aliphatic rings. The van der Waals surface area contributed by atoms with Crippen LogP contribution in [0.2, 0.25) is 0 Å². The molecule has 4 nitrogen and oxygen atoms in total. The predicted molar refractivity (Wildman–Crippen MR) is 91.2 cm³/mol. The molecule has 1 aromatic heterocycles. The van der Waals surface area contributed by atoms with Gasteiger partial charge in [-0.05, 0) is 18.6 Å². The molecule has 0 fully saturated rings. The third-order valence-corrected chi connectivity index (χ3v) is 4.17. The van der Waals surface area contributed by atoms with Gasteiger partial charge in [-0.1, -0.05) is 26.0 Å². The fourth-order valence-corrected chi connectivity index (χ4v) is 2.79. The monoisotopic (exact) mass is 318 g/mol. The molecule has 0 aliphatic carbocycles. The average molecular weight is 318 g/mol. The first kappa shape index (κ1) is 16.6. The molecular formula is C17H22N2O2S. The Balaban J connectivity index is 1.99. The van der Waals surface area contributed by atoms with Crippen molar-refractivity contribution in [1.29, 1.82) is 0 Å². The molecule has 5 heteroatoms. The first-order valence-corrected chi connectivity index (χ1v) is 8.32. The van der Waals surface area contributed by atoms with E-state index in [0.717, 1.165) is 41.4 Å². The van der Waals surface area contributed by atoms with E-state index in [0.29, 0.717) is 0 Å². The van der Waals surface area contributed by atoms with Gasteiger partial charge in [-0.3, -0.25) is 4.79 Å². The van der Waals surface area contributed by atoms with Crippen molar-refractivity contribution < 1.29 is 9.53 Å². The van der Waals surface area contributed by atoms with Gasteiger partial charge in [-0.25, -0.2) is 4.98 Å². The molecule has 1 heterocycles. The van der Waals surface area contributed by atoms with E-state index in [1.165, 1.54) is 0 Å². The van der Waals surface area contributed by atoms with Crippen molar-refractivity contribution >= 4 is 22.9 Å². The lowest BCUT2D eigenvalue weighted by atomic mass is 10.1. The summed E-state index contributed by atoms with van der Waals surface area (Å²) in [5.41, 5.74) is 2.87. The molecule has 22 heavy (non-hydrogen) atoms. The average Bonchev–Trinajstić information content (AvgIpc) is 2.97. The molecule has 0 unspecified atom stereocenters. The van der Waals surface area contributed by atoms with Crippen molar-refractivity contribution in [3.05, 3.63) is 34.7 Å². The Morgan fingerprint density at radius 3 is 2.68 bits per heavy atom. The maximum absolute atomic E-state index is 11.7. The lowest BCUT2D eigenvalue weighted by Crippen LogP contribution is -2.17. The second kappa shape index (κ2) is 8.06. The van der Waals surface area contributed by atoms with Crippen molar-refractivity contribution in [3.63, 3.8) is 0 Å². The van der Waals surface area contributed by atoms with E-state index in [1.54, 1.807) is 18.4 Å². The van der Waals surface area contributed by atoms with Gasteiger partial charge < -0.3 is 10.1 Å². The van der Waals surface area contributed by atoms with Crippen LogP contribution in [0.1, 0.15) is 25.3 Å². The van der Waals surface area contributed by atoms with E-state index < -0.39 is 0 Å². The van der Waals surface area contributed by atoms with Crippen LogP contribution in [0.4, 0.5) is 5.69 Å². The van der Waals surface area contributed by atoms with Crippen LogP contribution in [-0.2, 0) is 16.0 Å². The van der Waals surface area contributed by atoms with E-state index in [4.69, 9.17) is 4.74 Å². The number of hydrogen-bond donors (Lipinski definition) is 1. The highest BCUT2D eigenvalue weighted by Crippen LogP contribution is 2.24. The third kappa shape index (κ3) is 4.64. The van der Waals surface area contributed by atoms with E-state index >= 15 is 0 Å². The van der Waals surface area contributed by atoms with Gasteiger partial charge in [0.25, 0.3) is 0 Å². The summed E-state index contributed by atoms with van der Waals surface area (Å²) in [6.07, 6.45) is 1.94.